The summed E-state index contributed by atoms with van der Waals surface area (Å²) < 4.78 is -4.54. The van der Waals surface area contributed by atoms with Gasteiger partial charge in [0.1, 0.15) is 0 Å². The van der Waals surface area contributed by atoms with Crippen molar-refractivity contribution in [2.45, 2.75) is 13.2 Å². The molecule has 0 aromatic rings. The first-order valence-electron chi connectivity index (χ1n) is 2.40. The average Bonchev–Trinajstić information content (AvgIpc) is 1.81. The van der Waals surface area contributed by atoms with E-state index in [4.69, 9.17) is 76.0 Å². The molecule has 12 heavy (non-hydrogen) atoms. The van der Waals surface area contributed by atoms with Crippen LogP contribution in [-0.4, -0.2) is 18.3 Å². The maximum atomic E-state index is 9.47. The second-order valence-electron chi connectivity index (χ2n) is 1.85. The summed E-state index contributed by atoms with van der Waals surface area (Å²) in [7, 11) is 0. The van der Waals surface area contributed by atoms with Crippen LogP contribution in [0, 0.1) is 12.3 Å². The standard InChI is InChI=1S/C5H2Cl6O/c1-2-3(12,4(6,7)8)5(9,10)11/h1,12H. The smallest absolute Gasteiger partial charge is 0.234 e. The van der Waals surface area contributed by atoms with E-state index < -0.39 is 13.2 Å². The van der Waals surface area contributed by atoms with Crippen molar-refractivity contribution in [2.75, 3.05) is 0 Å². The Balaban J connectivity index is 5.14. The highest BCUT2D eigenvalue weighted by Gasteiger charge is 2.59. The molecule has 0 bridgehead atoms. The van der Waals surface area contributed by atoms with Crippen LogP contribution >= 0.6 is 69.6 Å². The van der Waals surface area contributed by atoms with Crippen LogP contribution in [0.1, 0.15) is 0 Å². The number of rotatable bonds is 0. The number of alkyl halides is 6. The van der Waals surface area contributed by atoms with Gasteiger partial charge in [-0.1, -0.05) is 75.5 Å². The molecule has 1 nitrogen and oxygen atoms in total. The molecule has 0 spiro atoms. The fourth-order valence-electron chi connectivity index (χ4n) is 0.324. The number of hydrogen-bond donors (Lipinski definition) is 1. The van der Waals surface area contributed by atoms with E-state index in [2.05, 4.69) is 0 Å². The molecule has 0 aromatic heterocycles. The molecule has 0 rings (SSSR count). The third-order valence-corrected chi connectivity index (χ3v) is 2.67. The van der Waals surface area contributed by atoms with Crippen LogP contribution in [0.4, 0.5) is 0 Å². The van der Waals surface area contributed by atoms with Crippen LogP contribution in [0.5, 0.6) is 0 Å². The largest absolute Gasteiger partial charge is 0.370 e. The van der Waals surface area contributed by atoms with Gasteiger partial charge in [0, 0.05) is 0 Å². The van der Waals surface area contributed by atoms with Crippen molar-refractivity contribution in [1.29, 1.82) is 0 Å². The lowest BCUT2D eigenvalue weighted by atomic mass is 10.1. The zero-order valence-corrected chi connectivity index (χ0v) is 9.83. The molecule has 0 saturated heterocycles. The minimum Gasteiger partial charge on any atom is -0.370 e. The predicted molar refractivity (Wildman–Crippen MR) is 54.4 cm³/mol. The minimum absolute atomic E-state index is 1.72. The molecule has 70 valence electrons. The van der Waals surface area contributed by atoms with Crippen LogP contribution < -0.4 is 0 Å². The molecule has 7 heteroatoms. The fraction of sp³-hybridized carbons (Fsp3) is 0.600. The summed E-state index contributed by atoms with van der Waals surface area (Å²) in [5.74, 6) is 1.72. The minimum atomic E-state index is -2.46. The second-order valence-corrected chi connectivity index (χ2v) is 6.41. The highest BCUT2D eigenvalue weighted by molar-refractivity contribution is 6.74. The summed E-state index contributed by atoms with van der Waals surface area (Å²) in [6, 6.07) is 0. The summed E-state index contributed by atoms with van der Waals surface area (Å²) in [5.41, 5.74) is -2.46. The first-order valence-corrected chi connectivity index (χ1v) is 4.66. The van der Waals surface area contributed by atoms with E-state index in [1.807, 2.05) is 0 Å². The van der Waals surface area contributed by atoms with Gasteiger partial charge in [0.25, 0.3) is 0 Å². The Bertz CT molecular complexity index is 191. The van der Waals surface area contributed by atoms with Crippen LogP contribution in [0.25, 0.3) is 0 Å². The van der Waals surface area contributed by atoms with Crippen molar-refractivity contribution in [3.63, 3.8) is 0 Å². The van der Waals surface area contributed by atoms with Crippen molar-refractivity contribution in [3.8, 4) is 12.3 Å². The molecule has 0 radical (unpaired) electrons. The van der Waals surface area contributed by atoms with Gasteiger partial charge in [-0.2, -0.15) is 0 Å². The van der Waals surface area contributed by atoms with Crippen molar-refractivity contribution >= 4 is 69.6 Å². The lowest BCUT2D eigenvalue weighted by Gasteiger charge is -2.34. The number of aliphatic hydroxyl groups is 1. The van der Waals surface area contributed by atoms with Crippen LogP contribution in [0.15, 0.2) is 0 Å². The highest BCUT2D eigenvalue weighted by Crippen LogP contribution is 2.50. The molecule has 0 atom stereocenters. The van der Waals surface area contributed by atoms with Gasteiger partial charge in [-0.3, -0.25) is 0 Å². The zero-order chi connectivity index (χ0) is 10.2. The van der Waals surface area contributed by atoms with Crippen molar-refractivity contribution < 1.29 is 5.11 Å². The van der Waals surface area contributed by atoms with Crippen LogP contribution in [0.3, 0.4) is 0 Å². The van der Waals surface area contributed by atoms with E-state index >= 15 is 0 Å². The van der Waals surface area contributed by atoms with E-state index in [0.717, 1.165) is 0 Å². The Morgan fingerprint density at radius 3 is 1.17 bits per heavy atom. The summed E-state index contributed by atoms with van der Waals surface area (Å²) in [6.07, 6.45) is 4.87. The average molecular weight is 291 g/mol. The summed E-state index contributed by atoms with van der Waals surface area (Å²) in [5, 5.41) is 9.47. The molecule has 0 unspecified atom stereocenters. The van der Waals surface area contributed by atoms with Gasteiger partial charge in [0.2, 0.25) is 13.2 Å². The Kier molecular flexibility index (Phi) is 4.18. The van der Waals surface area contributed by atoms with Crippen molar-refractivity contribution in [3.05, 3.63) is 0 Å². The SMILES string of the molecule is C#CC(O)(C(Cl)(Cl)Cl)C(Cl)(Cl)Cl. The van der Waals surface area contributed by atoms with Gasteiger partial charge in [-0.25, -0.2) is 0 Å². The third-order valence-electron chi connectivity index (χ3n) is 1.03. The van der Waals surface area contributed by atoms with Crippen molar-refractivity contribution in [2.24, 2.45) is 0 Å². The van der Waals surface area contributed by atoms with Gasteiger partial charge < -0.3 is 5.11 Å². The van der Waals surface area contributed by atoms with E-state index in [-0.39, 0.29) is 0 Å². The van der Waals surface area contributed by atoms with E-state index in [9.17, 15) is 5.11 Å². The van der Waals surface area contributed by atoms with Crippen LogP contribution in [-0.2, 0) is 0 Å². The topological polar surface area (TPSA) is 20.2 Å². The highest BCUT2D eigenvalue weighted by atomic mass is 35.6. The Hall–Kier alpha value is 1.26. The molecular weight excluding hydrogens is 289 g/mol. The summed E-state index contributed by atoms with van der Waals surface area (Å²) in [4.78, 5) is 0. The normalized spacial score (nSPS) is 14.2. The second kappa shape index (κ2) is 3.79. The molecular formula is C5H2Cl6O. The van der Waals surface area contributed by atoms with Crippen LogP contribution in [0.2, 0.25) is 0 Å². The number of halogens is 6. The zero-order valence-electron chi connectivity index (χ0n) is 5.29. The molecule has 0 aliphatic rings. The first kappa shape index (κ1) is 13.3. The maximum Gasteiger partial charge on any atom is 0.234 e. The first-order chi connectivity index (χ1) is 5.06. The van der Waals surface area contributed by atoms with Crippen molar-refractivity contribution in [1.82, 2.24) is 0 Å². The van der Waals surface area contributed by atoms with Gasteiger partial charge >= 0.3 is 0 Å². The summed E-state index contributed by atoms with van der Waals surface area (Å²) in [6.45, 7) is 0. The van der Waals surface area contributed by atoms with Gasteiger partial charge in [-0.05, 0) is 0 Å². The van der Waals surface area contributed by atoms with E-state index in [1.54, 1.807) is 5.92 Å². The van der Waals surface area contributed by atoms with Gasteiger partial charge in [0.15, 0.2) is 0 Å². The predicted octanol–water partition coefficient (Wildman–Crippen LogP) is 3.09. The van der Waals surface area contributed by atoms with Gasteiger partial charge in [0.05, 0.1) is 0 Å². The Morgan fingerprint density at radius 2 is 1.17 bits per heavy atom. The third kappa shape index (κ3) is 2.39. The molecule has 1 N–H and O–H groups in total. The fourth-order valence-corrected chi connectivity index (χ4v) is 1.94. The lowest BCUT2D eigenvalue weighted by Crippen LogP contribution is -2.52. The maximum absolute atomic E-state index is 9.47. The molecule has 0 aliphatic carbocycles. The Labute approximate surface area is 99.8 Å². The summed E-state index contributed by atoms with van der Waals surface area (Å²) >= 11 is 31.9. The molecule has 0 amide bonds. The number of terminal acetylenes is 1. The van der Waals surface area contributed by atoms with E-state index in [0.29, 0.717) is 0 Å². The molecule has 0 aromatic carbocycles. The lowest BCUT2D eigenvalue weighted by molar-refractivity contribution is 0.110. The molecule has 0 heterocycles. The molecule has 0 fully saturated rings. The number of hydrogen-bond acceptors (Lipinski definition) is 1. The van der Waals surface area contributed by atoms with Gasteiger partial charge in [-0.15, -0.1) is 6.42 Å². The molecule has 0 aliphatic heterocycles. The molecule has 0 saturated carbocycles. The Morgan fingerprint density at radius 1 is 0.917 bits per heavy atom. The van der Waals surface area contributed by atoms with E-state index in [1.165, 1.54) is 0 Å². The quantitative estimate of drug-likeness (QED) is 0.537. The monoisotopic (exact) mass is 288 g/mol.